The van der Waals surface area contributed by atoms with E-state index in [-0.39, 0.29) is 6.03 Å². The maximum Gasteiger partial charge on any atom is 0.326 e. The lowest BCUT2D eigenvalue weighted by Gasteiger charge is -2.36. The van der Waals surface area contributed by atoms with Crippen LogP contribution < -0.4 is 24.6 Å². The highest BCUT2D eigenvalue weighted by Crippen LogP contribution is 2.33. The molecule has 1 N–H and O–H groups in total. The fourth-order valence-corrected chi connectivity index (χ4v) is 2.89. The molecule has 0 saturated carbocycles. The second kappa shape index (κ2) is 7.29. The molecule has 1 aromatic carbocycles. The molecule has 25 heavy (non-hydrogen) atoms. The lowest BCUT2D eigenvalue weighted by atomic mass is 10.2. The molecule has 0 aliphatic carbocycles. The van der Waals surface area contributed by atoms with E-state index in [4.69, 9.17) is 9.47 Å². The number of rotatable bonds is 4. The van der Waals surface area contributed by atoms with Crippen LogP contribution in [0.15, 0.2) is 36.5 Å². The summed E-state index contributed by atoms with van der Waals surface area (Å²) in [6.45, 7) is 4.27. The summed E-state index contributed by atoms with van der Waals surface area (Å²) in [6, 6.07) is 8.82. The quantitative estimate of drug-likeness (QED) is 0.925. The highest BCUT2D eigenvalue weighted by Gasteiger charge is 2.27. The predicted octanol–water partition coefficient (Wildman–Crippen LogP) is 2.98. The number of anilines is 3. The molecule has 1 aromatic heterocycles. The molecular formula is C18H22N4O3. The van der Waals surface area contributed by atoms with Crippen LogP contribution in [0.5, 0.6) is 11.5 Å². The topological polar surface area (TPSA) is 66.9 Å². The minimum Gasteiger partial charge on any atom is -0.497 e. The molecule has 0 fully saturated rings. The van der Waals surface area contributed by atoms with E-state index in [2.05, 4.69) is 22.1 Å². The van der Waals surface area contributed by atoms with Gasteiger partial charge in [-0.3, -0.25) is 4.90 Å². The summed E-state index contributed by atoms with van der Waals surface area (Å²) in [5.74, 6) is 2.04. The Bertz CT molecular complexity index is 766. The van der Waals surface area contributed by atoms with E-state index in [0.29, 0.717) is 23.7 Å². The molecule has 2 aromatic rings. The van der Waals surface area contributed by atoms with Crippen molar-refractivity contribution in [2.24, 2.45) is 0 Å². The van der Waals surface area contributed by atoms with Crippen LogP contribution in [-0.4, -0.2) is 44.9 Å². The number of likely N-dealkylation sites (N-methyl/N-ethyl adjacent to an activating group) is 1. The van der Waals surface area contributed by atoms with E-state index in [1.54, 1.807) is 43.5 Å². The number of nitrogens with zero attached hydrogens (tertiary/aromatic N) is 3. The number of fused-ring (bicyclic) bond motifs is 1. The first kappa shape index (κ1) is 16.9. The average Bonchev–Trinajstić information content (AvgIpc) is 2.67. The largest absolute Gasteiger partial charge is 0.497 e. The number of carbonyl (C=O) groups is 1. The van der Waals surface area contributed by atoms with Crippen molar-refractivity contribution >= 4 is 23.2 Å². The summed E-state index contributed by atoms with van der Waals surface area (Å²) in [5.41, 5.74) is 1.40. The van der Waals surface area contributed by atoms with Crippen LogP contribution in [0.1, 0.15) is 6.92 Å². The highest BCUT2D eigenvalue weighted by molar-refractivity contribution is 6.04. The number of pyridine rings is 1. The van der Waals surface area contributed by atoms with Crippen molar-refractivity contribution in [1.82, 2.24) is 4.98 Å². The summed E-state index contributed by atoms with van der Waals surface area (Å²) in [4.78, 5) is 21.1. The lowest BCUT2D eigenvalue weighted by molar-refractivity contribution is 0.256. The molecule has 1 aliphatic heterocycles. The van der Waals surface area contributed by atoms with Crippen molar-refractivity contribution in [1.29, 1.82) is 0 Å². The maximum atomic E-state index is 12.8. The zero-order chi connectivity index (χ0) is 17.8. The number of methoxy groups -OCH3 is 2. The van der Waals surface area contributed by atoms with Gasteiger partial charge in [0, 0.05) is 31.9 Å². The van der Waals surface area contributed by atoms with Crippen LogP contribution in [0.3, 0.4) is 0 Å². The summed E-state index contributed by atoms with van der Waals surface area (Å²) >= 11 is 0. The zero-order valence-electron chi connectivity index (χ0n) is 14.7. The molecule has 3 rings (SSSR count). The Kier molecular flexibility index (Phi) is 4.92. The number of ether oxygens (including phenoxy) is 2. The van der Waals surface area contributed by atoms with Gasteiger partial charge in [0.05, 0.1) is 25.6 Å². The van der Waals surface area contributed by atoms with Crippen LogP contribution >= 0.6 is 0 Å². The molecule has 2 amide bonds. The Morgan fingerprint density at radius 3 is 2.80 bits per heavy atom. The van der Waals surface area contributed by atoms with Crippen LogP contribution in [0.2, 0.25) is 0 Å². The first-order valence-corrected chi connectivity index (χ1v) is 8.18. The number of nitrogens with one attached hydrogen (secondary N) is 1. The zero-order valence-corrected chi connectivity index (χ0v) is 14.7. The van der Waals surface area contributed by atoms with Gasteiger partial charge in [0.1, 0.15) is 11.5 Å². The maximum absolute atomic E-state index is 12.8. The number of hydrogen-bond donors (Lipinski definition) is 1. The molecular weight excluding hydrogens is 320 g/mol. The minimum absolute atomic E-state index is 0.214. The van der Waals surface area contributed by atoms with Crippen molar-refractivity contribution in [3.05, 3.63) is 36.5 Å². The summed E-state index contributed by atoms with van der Waals surface area (Å²) in [7, 11) is 3.15. The van der Waals surface area contributed by atoms with Gasteiger partial charge >= 0.3 is 6.03 Å². The number of amides is 2. The van der Waals surface area contributed by atoms with Crippen molar-refractivity contribution in [2.75, 3.05) is 49.0 Å². The van der Waals surface area contributed by atoms with Gasteiger partial charge < -0.3 is 19.7 Å². The van der Waals surface area contributed by atoms with Gasteiger partial charge in [0.2, 0.25) is 0 Å². The fourth-order valence-electron chi connectivity index (χ4n) is 2.89. The summed E-state index contributed by atoms with van der Waals surface area (Å²) in [6.07, 6.45) is 1.75. The molecule has 7 nitrogen and oxygen atoms in total. The molecule has 0 spiro atoms. The second-order valence-electron chi connectivity index (χ2n) is 5.57. The summed E-state index contributed by atoms with van der Waals surface area (Å²) in [5, 5.41) is 2.92. The third-order valence-electron chi connectivity index (χ3n) is 4.23. The smallest absolute Gasteiger partial charge is 0.326 e. The fraction of sp³-hybridized carbons (Fsp3) is 0.333. The Balaban J connectivity index is 1.85. The average molecular weight is 342 g/mol. The van der Waals surface area contributed by atoms with Gasteiger partial charge in [0.25, 0.3) is 0 Å². The Morgan fingerprint density at radius 1 is 1.24 bits per heavy atom. The molecule has 2 heterocycles. The predicted molar refractivity (Wildman–Crippen MR) is 98.0 cm³/mol. The molecule has 0 bridgehead atoms. The van der Waals surface area contributed by atoms with Crippen LogP contribution in [0.4, 0.5) is 22.0 Å². The van der Waals surface area contributed by atoms with Crippen LogP contribution in [0, 0.1) is 0 Å². The molecule has 132 valence electrons. The summed E-state index contributed by atoms with van der Waals surface area (Å²) < 4.78 is 10.5. The second-order valence-corrected chi connectivity index (χ2v) is 5.57. The molecule has 0 atom stereocenters. The Labute approximate surface area is 147 Å². The molecule has 0 saturated heterocycles. The van der Waals surface area contributed by atoms with E-state index in [1.807, 2.05) is 12.1 Å². The van der Waals surface area contributed by atoms with Crippen LogP contribution in [-0.2, 0) is 0 Å². The van der Waals surface area contributed by atoms with Crippen molar-refractivity contribution in [3.63, 3.8) is 0 Å². The van der Waals surface area contributed by atoms with Gasteiger partial charge in [-0.15, -0.1) is 0 Å². The van der Waals surface area contributed by atoms with Gasteiger partial charge in [-0.2, -0.15) is 0 Å². The number of carbonyl (C=O) groups excluding carboxylic acids is 1. The van der Waals surface area contributed by atoms with Gasteiger partial charge in [-0.1, -0.05) is 0 Å². The Morgan fingerprint density at radius 2 is 2.08 bits per heavy atom. The van der Waals surface area contributed by atoms with Crippen molar-refractivity contribution in [3.8, 4) is 11.5 Å². The standard InChI is InChI=1S/C18H22N4O3/c1-4-21-10-11-22(15-6-5-9-19-17(15)21)18(23)20-14-8-7-13(24-2)12-16(14)25-3/h5-9,12H,4,10-11H2,1-3H3,(H,20,23). The lowest BCUT2D eigenvalue weighted by Crippen LogP contribution is -2.46. The number of aromatic nitrogens is 1. The molecule has 1 aliphatic rings. The Hall–Kier alpha value is -2.96. The first-order chi connectivity index (χ1) is 12.2. The van der Waals surface area contributed by atoms with E-state index >= 15 is 0 Å². The van der Waals surface area contributed by atoms with E-state index in [0.717, 1.165) is 24.6 Å². The minimum atomic E-state index is -0.214. The van der Waals surface area contributed by atoms with E-state index in [9.17, 15) is 4.79 Å². The third-order valence-corrected chi connectivity index (χ3v) is 4.23. The van der Waals surface area contributed by atoms with Crippen molar-refractivity contribution in [2.45, 2.75) is 6.92 Å². The van der Waals surface area contributed by atoms with E-state index < -0.39 is 0 Å². The van der Waals surface area contributed by atoms with Gasteiger partial charge in [0.15, 0.2) is 5.82 Å². The molecule has 7 heteroatoms. The van der Waals surface area contributed by atoms with Gasteiger partial charge in [-0.05, 0) is 31.2 Å². The highest BCUT2D eigenvalue weighted by atomic mass is 16.5. The number of benzene rings is 1. The van der Waals surface area contributed by atoms with Crippen LogP contribution in [0.25, 0.3) is 0 Å². The molecule has 0 radical (unpaired) electrons. The van der Waals surface area contributed by atoms with Gasteiger partial charge in [-0.25, -0.2) is 9.78 Å². The monoisotopic (exact) mass is 342 g/mol. The third kappa shape index (κ3) is 3.31. The SMILES string of the molecule is CCN1CCN(C(=O)Nc2ccc(OC)cc2OC)c2cccnc21. The normalized spacial score (nSPS) is 13.2. The number of hydrogen-bond acceptors (Lipinski definition) is 5. The van der Waals surface area contributed by atoms with E-state index in [1.165, 1.54) is 0 Å². The van der Waals surface area contributed by atoms with Crippen molar-refractivity contribution < 1.29 is 14.3 Å². The first-order valence-electron chi connectivity index (χ1n) is 8.18. The molecule has 0 unspecified atom stereocenters. The number of urea groups is 1.